The molecular formula is C27H25N5O4. The van der Waals surface area contributed by atoms with Gasteiger partial charge in [0, 0.05) is 55.6 Å². The number of nitro benzene ring substituents is 1. The van der Waals surface area contributed by atoms with Crippen molar-refractivity contribution in [2.24, 2.45) is 5.73 Å². The Bertz CT molecular complexity index is 1430. The summed E-state index contributed by atoms with van der Waals surface area (Å²) in [5.74, 6) is -0.290. The zero-order chi connectivity index (χ0) is 25.4. The van der Waals surface area contributed by atoms with E-state index in [0.29, 0.717) is 42.2 Å². The van der Waals surface area contributed by atoms with Gasteiger partial charge in [-0.15, -0.1) is 0 Å². The molecule has 0 saturated carbocycles. The molecule has 0 saturated heterocycles. The van der Waals surface area contributed by atoms with Crippen molar-refractivity contribution in [2.45, 2.75) is 26.4 Å². The molecule has 4 N–H and O–H groups in total. The van der Waals surface area contributed by atoms with Crippen LogP contribution in [-0.2, 0) is 29.1 Å². The number of nitrogens with zero attached hydrogens (tertiary/aromatic N) is 2. The number of rotatable bonds is 5. The molecule has 5 rings (SSSR count). The molecule has 2 aliphatic rings. The predicted octanol–water partition coefficient (Wildman–Crippen LogP) is 3.89. The van der Waals surface area contributed by atoms with Gasteiger partial charge in [0.15, 0.2) is 0 Å². The number of nitrogens with two attached hydrogens (primary N) is 1. The van der Waals surface area contributed by atoms with Crippen LogP contribution in [0.3, 0.4) is 0 Å². The highest BCUT2D eigenvalue weighted by Gasteiger charge is 2.30. The van der Waals surface area contributed by atoms with Crippen molar-refractivity contribution in [1.29, 1.82) is 0 Å². The Morgan fingerprint density at radius 1 is 1.11 bits per heavy atom. The van der Waals surface area contributed by atoms with E-state index in [0.717, 1.165) is 34.4 Å². The standard InChI is InChI=1S/C27H25N5O4/c1-16(33)31-11-10-19-12-21(7-6-20(19)15-31)29-26(18-4-2-17(14-28)3-5-18)25-23-13-22(32(35)36)8-9-24(23)30-27(25)34/h2-9,12-13,29H,10-11,14-15,28H2,1H3,(H,30,34). The highest BCUT2D eigenvalue weighted by molar-refractivity contribution is 6.37. The van der Waals surface area contributed by atoms with Gasteiger partial charge in [-0.25, -0.2) is 0 Å². The lowest BCUT2D eigenvalue weighted by Gasteiger charge is -2.28. The normalized spacial score (nSPS) is 15.6. The SMILES string of the molecule is CC(=O)N1CCc2cc(NC(=C3C(=O)Nc4ccc([N+](=O)[O-])cc43)c3ccc(CN)cc3)ccc2C1. The number of non-ortho nitro benzene ring substituents is 1. The number of hydrogen-bond acceptors (Lipinski definition) is 6. The summed E-state index contributed by atoms with van der Waals surface area (Å²) in [6, 6.07) is 17.8. The fraction of sp³-hybridized carbons (Fsp3) is 0.185. The van der Waals surface area contributed by atoms with Gasteiger partial charge in [0.2, 0.25) is 5.91 Å². The zero-order valence-electron chi connectivity index (χ0n) is 19.7. The van der Waals surface area contributed by atoms with E-state index in [-0.39, 0.29) is 17.5 Å². The molecule has 3 aromatic rings. The number of carbonyl (C=O) groups excluding carboxylic acids is 2. The smallest absolute Gasteiger partial charge is 0.270 e. The Balaban J connectivity index is 1.61. The molecule has 0 unspecified atom stereocenters. The minimum absolute atomic E-state index is 0.0517. The number of fused-ring (bicyclic) bond motifs is 2. The van der Waals surface area contributed by atoms with Gasteiger partial charge in [0.25, 0.3) is 11.6 Å². The molecule has 9 nitrogen and oxygen atoms in total. The maximum Gasteiger partial charge on any atom is 0.270 e. The van der Waals surface area contributed by atoms with Crippen molar-refractivity contribution in [2.75, 3.05) is 17.2 Å². The van der Waals surface area contributed by atoms with Crippen molar-refractivity contribution in [3.8, 4) is 0 Å². The van der Waals surface area contributed by atoms with Gasteiger partial charge in [-0.05, 0) is 46.9 Å². The number of anilines is 2. The van der Waals surface area contributed by atoms with Crippen LogP contribution >= 0.6 is 0 Å². The second-order valence-corrected chi connectivity index (χ2v) is 8.89. The van der Waals surface area contributed by atoms with Crippen LogP contribution in [0.4, 0.5) is 17.1 Å². The summed E-state index contributed by atoms with van der Waals surface area (Å²) in [5, 5.41) is 17.7. The Morgan fingerprint density at radius 2 is 1.89 bits per heavy atom. The monoisotopic (exact) mass is 483 g/mol. The molecule has 0 aliphatic carbocycles. The van der Waals surface area contributed by atoms with Crippen LogP contribution in [0.2, 0.25) is 0 Å². The summed E-state index contributed by atoms with van der Waals surface area (Å²) >= 11 is 0. The summed E-state index contributed by atoms with van der Waals surface area (Å²) in [4.78, 5) is 37.7. The zero-order valence-corrected chi connectivity index (χ0v) is 19.7. The number of nitro groups is 1. The van der Waals surface area contributed by atoms with Gasteiger partial charge in [0.05, 0.1) is 16.2 Å². The summed E-state index contributed by atoms with van der Waals surface area (Å²) in [5.41, 5.74) is 12.2. The average molecular weight is 484 g/mol. The van der Waals surface area contributed by atoms with Crippen molar-refractivity contribution >= 4 is 40.1 Å². The number of hydrogen-bond donors (Lipinski definition) is 3. The molecule has 3 aromatic carbocycles. The molecule has 0 radical (unpaired) electrons. The number of nitrogens with one attached hydrogen (secondary N) is 2. The Labute approximate surface area is 207 Å². The van der Waals surface area contributed by atoms with Gasteiger partial charge >= 0.3 is 0 Å². The van der Waals surface area contributed by atoms with E-state index in [9.17, 15) is 19.7 Å². The lowest BCUT2D eigenvalue weighted by Crippen LogP contribution is -2.34. The fourth-order valence-corrected chi connectivity index (χ4v) is 4.65. The molecule has 0 atom stereocenters. The molecule has 0 aromatic heterocycles. The van der Waals surface area contributed by atoms with Crippen LogP contribution in [0.1, 0.15) is 34.7 Å². The van der Waals surface area contributed by atoms with Crippen molar-refractivity contribution in [3.05, 3.63) is 98.6 Å². The second kappa shape index (κ2) is 9.27. The summed E-state index contributed by atoms with van der Waals surface area (Å²) in [7, 11) is 0. The first-order chi connectivity index (χ1) is 17.3. The van der Waals surface area contributed by atoms with E-state index in [2.05, 4.69) is 10.6 Å². The Hall–Kier alpha value is -4.50. The number of carbonyl (C=O) groups is 2. The number of benzene rings is 3. The third-order valence-electron chi connectivity index (χ3n) is 6.62. The third-order valence-corrected chi connectivity index (χ3v) is 6.62. The molecule has 0 bridgehead atoms. The molecule has 2 aliphatic heterocycles. The lowest BCUT2D eigenvalue weighted by molar-refractivity contribution is -0.384. The van der Waals surface area contributed by atoms with Crippen LogP contribution in [0, 0.1) is 10.1 Å². The van der Waals surface area contributed by atoms with Gasteiger partial charge in [-0.2, -0.15) is 0 Å². The van der Waals surface area contributed by atoms with Gasteiger partial charge < -0.3 is 21.3 Å². The van der Waals surface area contributed by atoms with Crippen molar-refractivity contribution < 1.29 is 14.5 Å². The first-order valence-corrected chi connectivity index (χ1v) is 11.6. The van der Waals surface area contributed by atoms with E-state index in [4.69, 9.17) is 5.73 Å². The van der Waals surface area contributed by atoms with E-state index in [1.807, 2.05) is 47.4 Å². The molecule has 182 valence electrons. The van der Waals surface area contributed by atoms with Gasteiger partial charge in [-0.3, -0.25) is 19.7 Å². The minimum atomic E-state index is -0.475. The number of amides is 2. The molecule has 2 amide bonds. The molecule has 9 heteroatoms. The highest BCUT2D eigenvalue weighted by atomic mass is 16.6. The third kappa shape index (κ3) is 4.32. The highest BCUT2D eigenvalue weighted by Crippen LogP contribution is 2.39. The lowest BCUT2D eigenvalue weighted by atomic mass is 9.97. The van der Waals surface area contributed by atoms with Crippen molar-refractivity contribution in [1.82, 2.24) is 4.90 Å². The quantitative estimate of drug-likeness (QED) is 0.287. The molecular weight excluding hydrogens is 458 g/mol. The topological polar surface area (TPSA) is 131 Å². The van der Waals surface area contributed by atoms with E-state index in [1.165, 1.54) is 12.1 Å². The first kappa shape index (κ1) is 23.3. The average Bonchev–Trinajstić information content (AvgIpc) is 3.21. The maximum absolute atomic E-state index is 13.1. The van der Waals surface area contributed by atoms with Crippen LogP contribution in [0.15, 0.2) is 60.7 Å². The predicted molar refractivity (Wildman–Crippen MR) is 138 cm³/mol. The van der Waals surface area contributed by atoms with E-state index in [1.54, 1.807) is 13.0 Å². The molecule has 2 heterocycles. The van der Waals surface area contributed by atoms with Crippen LogP contribution in [0.25, 0.3) is 11.3 Å². The fourth-order valence-electron chi connectivity index (χ4n) is 4.65. The summed E-state index contributed by atoms with van der Waals surface area (Å²) in [6.07, 6.45) is 0.733. The molecule has 0 spiro atoms. The van der Waals surface area contributed by atoms with Crippen LogP contribution in [-0.4, -0.2) is 28.2 Å². The Morgan fingerprint density at radius 3 is 2.58 bits per heavy atom. The van der Waals surface area contributed by atoms with Crippen molar-refractivity contribution in [3.63, 3.8) is 0 Å². The Kier molecular flexibility index (Phi) is 5.99. The summed E-state index contributed by atoms with van der Waals surface area (Å²) in [6.45, 7) is 3.18. The molecule has 0 fully saturated rings. The molecule has 36 heavy (non-hydrogen) atoms. The van der Waals surface area contributed by atoms with E-state index >= 15 is 0 Å². The van der Waals surface area contributed by atoms with Gasteiger partial charge in [0.1, 0.15) is 0 Å². The van der Waals surface area contributed by atoms with Gasteiger partial charge in [-0.1, -0.05) is 30.3 Å². The van der Waals surface area contributed by atoms with Crippen LogP contribution in [0.5, 0.6) is 0 Å². The van der Waals surface area contributed by atoms with Crippen LogP contribution < -0.4 is 16.4 Å². The van der Waals surface area contributed by atoms with E-state index < -0.39 is 4.92 Å². The minimum Gasteiger partial charge on any atom is -0.354 e. The largest absolute Gasteiger partial charge is 0.354 e. The second-order valence-electron chi connectivity index (χ2n) is 8.89. The summed E-state index contributed by atoms with van der Waals surface area (Å²) < 4.78 is 0. The first-order valence-electron chi connectivity index (χ1n) is 11.6. The maximum atomic E-state index is 13.1.